The van der Waals surface area contributed by atoms with Crippen molar-refractivity contribution in [3.63, 3.8) is 0 Å². The first-order valence-corrected chi connectivity index (χ1v) is 6.30. The largest absolute Gasteiger partial charge is 0.525 e. The Hall–Kier alpha value is -1.27. The van der Waals surface area contributed by atoms with Crippen molar-refractivity contribution in [2.75, 3.05) is 0 Å². The second-order valence-electron chi connectivity index (χ2n) is 5.78. The van der Waals surface area contributed by atoms with Crippen LogP contribution >= 0.6 is 0 Å². The molecule has 0 N–H and O–H groups in total. The third-order valence-electron chi connectivity index (χ3n) is 3.73. The molecule has 1 saturated heterocycles. The standard InChI is InChI=1S/C14H16BF3O2/c1-13(2)14(3,4)20-15(19-13)12(18)8-9-7-10(16)5-6-11(9)17/h5-8H,1-4H3. The van der Waals surface area contributed by atoms with E-state index in [1.165, 1.54) is 0 Å². The van der Waals surface area contributed by atoms with Crippen LogP contribution in [-0.4, -0.2) is 18.3 Å². The Morgan fingerprint density at radius 3 is 2.20 bits per heavy atom. The number of hydrogen-bond donors (Lipinski definition) is 0. The van der Waals surface area contributed by atoms with Gasteiger partial charge in [-0.05, 0) is 52.0 Å². The fourth-order valence-electron chi connectivity index (χ4n) is 1.80. The molecule has 0 bridgehead atoms. The van der Waals surface area contributed by atoms with E-state index < -0.39 is 35.7 Å². The summed E-state index contributed by atoms with van der Waals surface area (Å²) < 4.78 is 51.6. The summed E-state index contributed by atoms with van der Waals surface area (Å²) >= 11 is 0. The van der Waals surface area contributed by atoms with Crippen LogP contribution < -0.4 is 0 Å². The summed E-state index contributed by atoms with van der Waals surface area (Å²) in [6.45, 7) is 7.12. The summed E-state index contributed by atoms with van der Waals surface area (Å²) in [5.41, 5.74) is -2.36. The molecular weight excluding hydrogens is 268 g/mol. The SMILES string of the molecule is CC1(C)OB(C(F)=Cc2cc(F)ccc2F)OC1(C)C. The highest BCUT2D eigenvalue weighted by molar-refractivity contribution is 6.54. The lowest BCUT2D eigenvalue weighted by Gasteiger charge is -2.32. The molecule has 0 spiro atoms. The average molecular weight is 284 g/mol. The van der Waals surface area contributed by atoms with E-state index in [-0.39, 0.29) is 5.56 Å². The summed E-state index contributed by atoms with van der Waals surface area (Å²) in [5.74, 6) is -1.35. The lowest BCUT2D eigenvalue weighted by atomic mass is 9.87. The third-order valence-corrected chi connectivity index (χ3v) is 3.73. The van der Waals surface area contributed by atoms with Gasteiger partial charge in [-0.25, -0.2) is 13.2 Å². The van der Waals surface area contributed by atoms with Gasteiger partial charge in [0.15, 0.2) is 0 Å². The molecule has 0 aliphatic carbocycles. The molecule has 0 radical (unpaired) electrons. The molecule has 1 aliphatic heterocycles. The normalized spacial score (nSPS) is 21.4. The predicted molar refractivity (Wildman–Crippen MR) is 71.5 cm³/mol. The van der Waals surface area contributed by atoms with Gasteiger partial charge in [0.1, 0.15) is 17.4 Å². The van der Waals surface area contributed by atoms with Crippen molar-refractivity contribution in [2.45, 2.75) is 38.9 Å². The molecule has 0 atom stereocenters. The Bertz CT molecular complexity index is 539. The van der Waals surface area contributed by atoms with Gasteiger partial charge in [-0.1, -0.05) is 0 Å². The van der Waals surface area contributed by atoms with Gasteiger partial charge in [0.05, 0.1) is 11.2 Å². The maximum absolute atomic E-state index is 14.1. The van der Waals surface area contributed by atoms with Gasteiger partial charge < -0.3 is 9.31 Å². The molecule has 1 fully saturated rings. The maximum Gasteiger partial charge on any atom is 0.525 e. The highest BCUT2D eigenvalue weighted by atomic mass is 19.1. The minimum atomic E-state index is -1.22. The van der Waals surface area contributed by atoms with Crippen molar-refractivity contribution in [3.8, 4) is 0 Å². The van der Waals surface area contributed by atoms with Crippen molar-refractivity contribution in [2.24, 2.45) is 0 Å². The van der Waals surface area contributed by atoms with E-state index in [1.807, 2.05) is 0 Å². The first-order chi connectivity index (χ1) is 9.12. The highest BCUT2D eigenvalue weighted by Gasteiger charge is 2.53. The summed E-state index contributed by atoms with van der Waals surface area (Å²) in [6.07, 6.45) is 0.889. The molecule has 0 amide bonds. The van der Waals surface area contributed by atoms with Crippen LogP contribution in [0, 0.1) is 11.6 Å². The molecule has 20 heavy (non-hydrogen) atoms. The fraction of sp³-hybridized carbons (Fsp3) is 0.429. The van der Waals surface area contributed by atoms with Crippen molar-refractivity contribution in [1.82, 2.24) is 0 Å². The van der Waals surface area contributed by atoms with E-state index in [1.54, 1.807) is 27.7 Å². The van der Waals surface area contributed by atoms with Crippen LogP contribution in [0.15, 0.2) is 23.9 Å². The zero-order valence-corrected chi connectivity index (χ0v) is 11.8. The highest BCUT2D eigenvalue weighted by Crippen LogP contribution is 2.39. The van der Waals surface area contributed by atoms with Gasteiger partial charge in [-0.2, -0.15) is 0 Å². The predicted octanol–water partition coefficient (Wildman–Crippen LogP) is 3.91. The maximum atomic E-state index is 14.1. The van der Waals surface area contributed by atoms with E-state index in [4.69, 9.17) is 9.31 Å². The monoisotopic (exact) mass is 284 g/mol. The van der Waals surface area contributed by atoms with Gasteiger partial charge in [0.25, 0.3) is 0 Å². The quantitative estimate of drug-likeness (QED) is 0.767. The van der Waals surface area contributed by atoms with Gasteiger partial charge >= 0.3 is 7.12 Å². The molecule has 6 heteroatoms. The summed E-state index contributed by atoms with van der Waals surface area (Å²) in [6, 6.07) is 2.83. The first kappa shape index (κ1) is 15.1. The molecule has 1 aliphatic rings. The van der Waals surface area contributed by atoms with Gasteiger partial charge in [0, 0.05) is 5.56 Å². The van der Waals surface area contributed by atoms with E-state index in [2.05, 4.69) is 0 Å². The second kappa shape index (κ2) is 4.93. The molecule has 1 aromatic carbocycles. The summed E-state index contributed by atoms with van der Waals surface area (Å²) in [7, 11) is -1.22. The van der Waals surface area contributed by atoms with Crippen LogP contribution in [0.1, 0.15) is 33.3 Å². The van der Waals surface area contributed by atoms with Crippen molar-refractivity contribution in [1.29, 1.82) is 0 Å². The molecular formula is C14H16BF3O2. The molecule has 0 unspecified atom stereocenters. The Balaban J connectivity index is 2.27. The van der Waals surface area contributed by atoms with Crippen LogP contribution in [0.25, 0.3) is 6.08 Å². The van der Waals surface area contributed by atoms with E-state index >= 15 is 0 Å². The first-order valence-electron chi connectivity index (χ1n) is 6.30. The lowest BCUT2D eigenvalue weighted by Crippen LogP contribution is -2.41. The molecule has 2 rings (SSSR count). The number of hydrogen-bond acceptors (Lipinski definition) is 2. The molecule has 108 valence electrons. The number of halogens is 3. The van der Waals surface area contributed by atoms with Gasteiger partial charge in [-0.3, -0.25) is 0 Å². The Morgan fingerprint density at radius 1 is 1.10 bits per heavy atom. The van der Waals surface area contributed by atoms with Gasteiger partial charge in [-0.15, -0.1) is 0 Å². The number of rotatable bonds is 2. The zero-order chi connectivity index (χ0) is 15.1. The minimum absolute atomic E-state index is 0.183. The summed E-state index contributed by atoms with van der Waals surface area (Å²) in [5, 5.41) is 0. The smallest absolute Gasteiger partial charge is 0.398 e. The van der Waals surface area contributed by atoms with Crippen molar-refractivity contribution in [3.05, 3.63) is 41.1 Å². The number of benzene rings is 1. The minimum Gasteiger partial charge on any atom is -0.398 e. The van der Waals surface area contributed by atoms with Crippen molar-refractivity contribution >= 4 is 13.2 Å². The second-order valence-corrected chi connectivity index (χ2v) is 5.78. The fourth-order valence-corrected chi connectivity index (χ4v) is 1.80. The Kier molecular flexibility index (Phi) is 3.73. The van der Waals surface area contributed by atoms with E-state index in [0.29, 0.717) is 0 Å². The Morgan fingerprint density at radius 2 is 1.65 bits per heavy atom. The Labute approximate surface area is 116 Å². The van der Waals surface area contributed by atoms with E-state index in [9.17, 15) is 13.2 Å². The average Bonchev–Trinajstić information content (AvgIpc) is 2.53. The molecule has 0 saturated carbocycles. The van der Waals surface area contributed by atoms with Crippen LogP contribution in [0.2, 0.25) is 0 Å². The molecule has 1 aromatic rings. The zero-order valence-electron chi connectivity index (χ0n) is 11.8. The van der Waals surface area contributed by atoms with Crippen LogP contribution in [0.5, 0.6) is 0 Å². The van der Waals surface area contributed by atoms with Crippen LogP contribution in [0.3, 0.4) is 0 Å². The van der Waals surface area contributed by atoms with Crippen molar-refractivity contribution < 1.29 is 22.5 Å². The molecule has 1 heterocycles. The van der Waals surface area contributed by atoms with Crippen LogP contribution in [0.4, 0.5) is 13.2 Å². The molecule has 0 aromatic heterocycles. The molecule has 2 nitrogen and oxygen atoms in total. The van der Waals surface area contributed by atoms with Gasteiger partial charge in [0.2, 0.25) is 0 Å². The van der Waals surface area contributed by atoms with E-state index in [0.717, 1.165) is 24.3 Å². The topological polar surface area (TPSA) is 18.5 Å². The lowest BCUT2D eigenvalue weighted by molar-refractivity contribution is 0.00578. The van der Waals surface area contributed by atoms with Crippen LogP contribution in [-0.2, 0) is 9.31 Å². The third kappa shape index (κ3) is 2.76. The summed E-state index contributed by atoms with van der Waals surface area (Å²) in [4.78, 5) is 0.